The molecule has 256 valence electrons. The number of nitrogens with zero attached hydrogens (tertiary/aromatic N) is 6. The van der Waals surface area contributed by atoms with Crippen molar-refractivity contribution in [3.8, 4) is 17.1 Å². The van der Waals surface area contributed by atoms with E-state index in [-0.39, 0.29) is 48.1 Å². The summed E-state index contributed by atoms with van der Waals surface area (Å²) in [6.45, 7) is 9.01. The van der Waals surface area contributed by atoms with E-state index in [1.54, 1.807) is 35.5 Å². The Bertz CT molecular complexity index is 1970. The molecule has 12 nitrogen and oxygen atoms in total. The fourth-order valence-electron chi connectivity index (χ4n) is 6.95. The van der Waals surface area contributed by atoms with Crippen molar-refractivity contribution in [2.75, 3.05) is 29.4 Å². The maximum Gasteiger partial charge on any atom is 0.264 e. The van der Waals surface area contributed by atoms with Gasteiger partial charge in [-0.2, -0.15) is 4.98 Å². The minimum absolute atomic E-state index is 0.0105. The van der Waals surface area contributed by atoms with Crippen LogP contribution in [0.5, 0.6) is 5.88 Å². The first-order valence-electron chi connectivity index (χ1n) is 16.8. The summed E-state index contributed by atoms with van der Waals surface area (Å²) in [5, 5.41) is 0. The van der Waals surface area contributed by atoms with Crippen LogP contribution >= 0.6 is 0 Å². The molecule has 7 rings (SSSR count). The average Bonchev–Trinajstić information content (AvgIpc) is 3.35. The Morgan fingerprint density at radius 2 is 1.80 bits per heavy atom. The van der Waals surface area contributed by atoms with Crippen molar-refractivity contribution in [2.45, 2.75) is 76.6 Å². The molecule has 0 radical (unpaired) electrons. The van der Waals surface area contributed by atoms with Crippen molar-refractivity contribution in [2.24, 2.45) is 5.92 Å². The average molecular weight is 684 g/mol. The van der Waals surface area contributed by atoms with E-state index < -0.39 is 22.0 Å². The number of amides is 1. The zero-order valence-electron chi connectivity index (χ0n) is 28.2. The third kappa shape index (κ3) is 6.82. The predicted octanol–water partition coefficient (Wildman–Crippen LogP) is 5.17. The van der Waals surface area contributed by atoms with E-state index in [1.807, 2.05) is 45.9 Å². The Morgan fingerprint density at radius 1 is 1.00 bits per heavy atom. The van der Waals surface area contributed by atoms with Gasteiger partial charge in [0.15, 0.2) is 0 Å². The molecule has 2 aromatic heterocycles. The van der Waals surface area contributed by atoms with Crippen LogP contribution in [-0.2, 0) is 21.3 Å². The Balaban J connectivity index is 1.30. The quantitative estimate of drug-likeness (QED) is 0.278. The van der Waals surface area contributed by atoms with E-state index in [0.717, 1.165) is 41.9 Å². The number of aryl methyl sites for hydroxylation is 2. The molecule has 1 aliphatic carbocycles. The number of fused-ring (bicyclic) bond motifs is 5. The van der Waals surface area contributed by atoms with Crippen molar-refractivity contribution in [1.29, 1.82) is 0 Å². The summed E-state index contributed by atoms with van der Waals surface area (Å²) in [4.78, 5) is 36.9. The second-order valence-electron chi connectivity index (χ2n) is 13.4. The molecule has 4 aromatic rings. The van der Waals surface area contributed by atoms with Gasteiger partial charge in [-0.1, -0.05) is 24.3 Å². The minimum Gasteiger partial charge on any atom is -0.475 e. The number of anilines is 2. The second kappa shape index (κ2) is 13.4. The van der Waals surface area contributed by atoms with Crippen LogP contribution in [0, 0.1) is 19.8 Å². The van der Waals surface area contributed by atoms with Crippen molar-refractivity contribution in [3.63, 3.8) is 0 Å². The number of sulfonamides is 1. The second-order valence-corrected chi connectivity index (χ2v) is 15.0. The summed E-state index contributed by atoms with van der Waals surface area (Å²) >= 11 is 0. The molecule has 49 heavy (non-hydrogen) atoms. The standard InChI is InChI=1S/C36H41N7O5S/c1-22(2)47-20-28-21-48-33-16-30(34-23(3)7-5-8-24(34)4)39-36(40-33)41-49(45,46)29-10-6-9-26(15-29)35(44)43(28)19-27-17-37-18-32(38-27)42-14-13-25-11-12-31(25)42/h5-10,15-18,22,25,28,31H,11-14,19-21H2,1-4H3,(H,39,40,41)/t25-,28+,31-/m0/s1. The SMILES string of the molecule is Cc1cccc(C)c1-c1cc2nc(n1)NS(=O)(=O)c1cccc(c1)C(=O)N(Cc1cncc(N3CC[C@@H]4CC[C@@H]43)n1)[C@H](COC(C)C)CO2. The first-order chi connectivity index (χ1) is 23.6. The number of rotatable bonds is 7. The van der Waals surface area contributed by atoms with Crippen LogP contribution in [0.15, 0.2) is 65.8 Å². The molecule has 1 saturated heterocycles. The highest BCUT2D eigenvalue weighted by atomic mass is 32.2. The Hall–Kier alpha value is -4.62. The monoisotopic (exact) mass is 683 g/mol. The molecule has 1 saturated carbocycles. The maximum atomic E-state index is 14.4. The van der Waals surface area contributed by atoms with Gasteiger partial charge in [0.1, 0.15) is 12.4 Å². The topological polar surface area (TPSA) is 140 Å². The van der Waals surface area contributed by atoms with Gasteiger partial charge in [-0.25, -0.2) is 23.1 Å². The molecule has 2 fully saturated rings. The Morgan fingerprint density at radius 3 is 2.53 bits per heavy atom. The first-order valence-corrected chi connectivity index (χ1v) is 18.3. The fraction of sp³-hybridized carbons (Fsp3) is 0.417. The Kier molecular flexibility index (Phi) is 8.97. The lowest BCUT2D eigenvalue weighted by atomic mass is 9.80. The number of benzene rings is 2. The van der Waals surface area contributed by atoms with Gasteiger partial charge in [0.25, 0.3) is 15.9 Å². The highest BCUT2D eigenvalue weighted by Gasteiger charge is 2.41. The molecule has 2 aromatic carbocycles. The van der Waals surface area contributed by atoms with Gasteiger partial charge in [0, 0.05) is 29.8 Å². The van der Waals surface area contributed by atoms with Crippen LogP contribution in [0.1, 0.15) is 60.3 Å². The molecule has 13 heteroatoms. The summed E-state index contributed by atoms with van der Waals surface area (Å²) in [5.74, 6) is 1.14. The smallest absolute Gasteiger partial charge is 0.264 e. The summed E-state index contributed by atoms with van der Waals surface area (Å²) in [5.41, 5.74) is 4.10. The normalized spacial score (nSPS) is 21.5. The molecule has 4 heterocycles. The van der Waals surface area contributed by atoms with Gasteiger partial charge >= 0.3 is 0 Å². The third-order valence-corrected chi connectivity index (χ3v) is 10.9. The number of nitrogens with one attached hydrogen (secondary N) is 1. The molecular weight excluding hydrogens is 643 g/mol. The van der Waals surface area contributed by atoms with Crippen molar-refractivity contribution in [1.82, 2.24) is 24.8 Å². The summed E-state index contributed by atoms with van der Waals surface area (Å²) < 4.78 is 42.3. The lowest BCUT2D eigenvalue weighted by molar-refractivity contribution is 0.00630. The van der Waals surface area contributed by atoms with E-state index in [9.17, 15) is 13.2 Å². The highest BCUT2D eigenvalue weighted by molar-refractivity contribution is 7.92. The van der Waals surface area contributed by atoms with Crippen molar-refractivity contribution >= 4 is 27.7 Å². The molecular formula is C36H41N7O5S. The molecule has 3 aliphatic rings. The van der Waals surface area contributed by atoms with E-state index in [2.05, 4.69) is 24.6 Å². The van der Waals surface area contributed by atoms with E-state index in [4.69, 9.17) is 14.5 Å². The molecule has 0 unspecified atom stereocenters. The van der Waals surface area contributed by atoms with Crippen LogP contribution in [0.3, 0.4) is 0 Å². The van der Waals surface area contributed by atoms with Gasteiger partial charge in [-0.05, 0) is 82.2 Å². The number of carbonyl (C=O) groups excluding carboxylic acids is 1. The number of ether oxygens (including phenoxy) is 2. The van der Waals surface area contributed by atoms with Crippen LogP contribution in [0.2, 0.25) is 0 Å². The molecule has 4 bridgehead atoms. The van der Waals surface area contributed by atoms with E-state index >= 15 is 0 Å². The van der Waals surface area contributed by atoms with Crippen LogP contribution in [0.4, 0.5) is 11.8 Å². The fourth-order valence-corrected chi connectivity index (χ4v) is 7.94. The van der Waals surface area contributed by atoms with Gasteiger partial charge < -0.3 is 19.3 Å². The minimum atomic E-state index is -4.19. The van der Waals surface area contributed by atoms with Gasteiger partial charge in [0.05, 0.1) is 54.0 Å². The van der Waals surface area contributed by atoms with E-state index in [1.165, 1.54) is 18.6 Å². The number of carbonyl (C=O) groups is 1. The molecule has 1 amide bonds. The first kappa shape index (κ1) is 32.9. The number of hydrogen-bond donors (Lipinski definition) is 1. The lowest BCUT2D eigenvalue weighted by Crippen LogP contribution is -2.46. The van der Waals surface area contributed by atoms with Crippen LogP contribution < -0.4 is 14.4 Å². The Labute approximate surface area is 287 Å². The van der Waals surface area contributed by atoms with Crippen molar-refractivity contribution in [3.05, 3.63) is 83.3 Å². The summed E-state index contributed by atoms with van der Waals surface area (Å²) in [7, 11) is -4.19. The largest absolute Gasteiger partial charge is 0.475 e. The molecule has 3 atom stereocenters. The zero-order valence-corrected chi connectivity index (χ0v) is 29.0. The van der Waals surface area contributed by atoms with Gasteiger partial charge in [-0.3, -0.25) is 9.78 Å². The van der Waals surface area contributed by atoms with Crippen LogP contribution in [0.25, 0.3) is 11.3 Å². The molecule has 2 aliphatic heterocycles. The highest BCUT2D eigenvalue weighted by Crippen LogP contribution is 2.42. The maximum absolute atomic E-state index is 14.4. The van der Waals surface area contributed by atoms with Gasteiger partial charge in [0.2, 0.25) is 11.8 Å². The van der Waals surface area contributed by atoms with Crippen molar-refractivity contribution < 1.29 is 22.7 Å². The third-order valence-electron chi connectivity index (χ3n) is 9.62. The van der Waals surface area contributed by atoms with Gasteiger partial charge in [-0.15, -0.1) is 0 Å². The zero-order chi connectivity index (χ0) is 34.3. The van der Waals surface area contributed by atoms with Crippen LogP contribution in [-0.4, -0.2) is 77.1 Å². The summed E-state index contributed by atoms with van der Waals surface area (Å²) in [6, 6.07) is 13.4. The molecule has 0 spiro atoms. The summed E-state index contributed by atoms with van der Waals surface area (Å²) in [6.07, 6.45) is 6.89. The number of aromatic nitrogens is 4. The predicted molar refractivity (Wildman–Crippen MR) is 185 cm³/mol. The lowest BCUT2D eigenvalue weighted by Gasteiger charge is -2.36. The molecule has 1 N–H and O–H groups in total. The number of hydrogen-bond acceptors (Lipinski definition) is 10. The van der Waals surface area contributed by atoms with E-state index in [0.29, 0.717) is 23.3 Å².